The van der Waals surface area contributed by atoms with Crippen molar-refractivity contribution in [3.63, 3.8) is 0 Å². The first kappa shape index (κ1) is 18.4. The van der Waals surface area contributed by atoms with Gasteiger partial charge in [0, 0.05) is 6.54 Å². The summed E-state index contributed by atoms with van der Waals surface area (Å²) in [7, 11) is 0. The molecular weight excluding hydrogens is 351 g/mol. The maximum absolute atomic E-state index is 12.9. The SMILES string of the molecule is CC(NC(=O)N1CC(=O)Nc2ccccc21)C(=O)NCc1ccc(F)cc1. The van der Waals surface area contributed by atoms with Gasteiger partial charge in [-0.15, -0.1) is 0 Å². The number of hydrogen-bond donors (Lipinski definition) is 3. The molecule has 27 heavy (non-hydrogen) atoms. The molecule has 7 nitrogen and oxygen atoms in total. The Morgan fingerprint density at radius 1 is 1.19 bits per heavy atom. The average Bonchev–Trinajstić information content (AvgIpc) is 2.66. The molecule has 1 heterocycles. The lowest BCUT2D eigenvalue weighted by Crippen LogP contribution is -2.52. The molecule has 2 aromatic carbocycles. The highest BCUT2D eigenvalue weighted by Gasteiger charge is 2.28. The van der Waals surface area contributed by atoms with Crippen LogP contribution in [0.4, 0.5) is 20.6 Å². The minimum absolute atomic E-state index is 0.132. The molecule has 8 heteroatoms. The third kappa shape index (κ3) is 4.41. The van der Waals surface area contributed by atoms with Crippen molar-refractivity contribution in [3.05, 3.63) is 59.9 Å². The number of para-hydroxylation sites is 2. The fourth-order valence-electron chi connectivity index (χ4n) is 2.69. The first-order chi connectivity index (χ1) is 12.9. The highest BCUT2D eigenvalue weighted by Crippen LogP contribution is 2.28. The van der Waals surface area contributed by atoms with Crippen LogP contribution in [-0.2, 0) is 16.1 Å². The smallest absolute Gasteiger partial charge is 0.323 e. The number of carbonyl (C=O) groups excluding carboxylic acids is 3. The molecule has 3 N–H and O–H groups in total. The van der Waals surface area contributed by atoms with E-state index in [1.54, 1.807) is 43.3 Å². The van der Waals surface area contributed by atoms with Crippen LogP contribution in [0.15, 0.2) is 48.5 Å². The fraction of sp³-hybridized carbons (Fsp3) is 0.211. The van der Waals surface area contributed by atoms with Crippen LogP contribution in [0, 0.1) is 5.82 Å². The van der Waals surface area contributed by atoms with Gasteiger partial charge in [0.1, 0.15) is 18.4 Å². The van der Waals surface area contributed by atoms with Gasteiger partial charge in [-0.3, -0.25) is 14.5 Å². The number of anilines is 2. The van der Waals surface area contributed by atoms with E-state index < -0.39 is 12.1 Å². The largest absolute Gasteiger partial charge is 0.350 e. The van der Waals surface area contributed by atoms with Gasteiger partial charge < -0.3 is 16.0 Å². The predicted molar refractivity (Wildman–Crippen MR) is 98.7 cm³/mol. The molecule has 140 valence electrons. The van der Waals surface area contributed by atoms with Gasteiger partial charge >= 0.3 is 6.03 Å². The van der Waals surface area contributed by atoms with Crippen molar-refractivity contribution in [2.24, 2.45) is 0 Å². The van der Waals surface area contributed by atoms with Crippen molar-refractivity contribution in [2.45, 2.75) is 19.5 Å². The molecule has 1 atom stereocenters. The van der Waals surface area contributed by atoms with E-state index in [9.17, 15) is 18.8 Å². The Morgan fingerprint density at radius 2 is 1.89 bits per heavy atom. The second-order valence-electron chi connectivity index (χ2n) is 6.17. The summed E-state index contributed by atoms with van der Waals surface area (Å²) in [4.78, 5) is 37.9. The van der Waals surface area contributed by atoms with Crippen LogP contribution in [0.5, 0.6) is 0 Å². The van der Waals surface area contributed by atoms with Crippen LogP contribution in [0.2, 0.25) is 0 Å². The van der Waals surface area contributed by atoms with E-state index in [-0.39, 0.29) is 30.7 Å². The third-order valence-electron chi connectivity index (χ3n) is 4.13. The summed E-state index contributed by atoms with van der Waals surface area (Å²) in [6.45, 7) is 1.63. The van der Waals surface area contributed by atoms with Gasteiger partial charge in [0.25, 0.3) is 0 Å². The Bertz CT molecular complexity index is 870. The van der Waals surface area contributed by atoms with Gasteiger partial charge in [0.15, 0.2) is 0 Å². The van der Waals surface area contributed by atoms with Crippen LogP contribution < -0.4 is 20.9 Å². The molecule has 4 amide bonds. The highest BCUT2D eigenvalue weighted by molar-refractivity contribution is 6.09. The molecule has 1 unspecified atom stereocenters. The number of rotatable bonds is 4. The molecule has 0 fully saturated rings. The van der Waals surface area contributed by atoms with E-state index in [0.717, 1.165) is 5.56 Å². The Balaban J connectivity index is 1.59. The summed E-state index contributed by atoms with van der Waals surface area (Å²) in [5, 5.41) is 7.97. The van der Waals surface area contributed by atoms with Gasteiger partial charge in [-0.1, -0.05) is 24.3 Å². The molecule has 2 aromatic rings. The molecule has 3 rings (SSSR count). The van der Waals surface area contributed by atoms with Crippen molar-refractivity contribution in [1.29, 1.82) is 0 Å². The van der Waals surface area contributed by atoms with Gasteiger partial charge in [-0.2, -0.15) is 0 Å². The second-order valence-corrected chi connectivity index (χ2v) is 6.17. The summed E-state index contributed by atoms with van der Waals surface area (Å²) in [5.41, 5.74) is 1.84. The molecule has 0 radical (unpaired) electrons. The molecule has 0 saturated heterocycles. The lowest BCUT2D eigenvalue weighted by molar-refractivity contribution is -0.122. The summed E-state index contributed by atoms with van der Waals surface area (Å²) < 4.78 is 12.9. The van der Waals surface area contributed by atoms with Crippen LogP contribution in [0.25, 0.3) is 0 Å². The van der Waals surface area contributed by atoms with Crippen LogP contribution in [0.3, 0.4) is 0 Å². The van der Waals surface area contributed by atoms with Gasteiger partial charge in [-0.05, 0) is 36.8 Å². The van der Waals surface area contributed by atoms with E-state index in [0.29, 0.717) is 11.4 Å². The number of nitrogens with zero attached hydrogens (tertiary/aromatic N) is 1. The standard InChI is InChI=1S/C19H19FN4O3/c1-12(18(26)21-10-13-6-8-14(20)9-7-13)22-19(27)24-11-17(25)23-15-4-2-3-5-16(15)24/h2-9,12H,10-11H2,1H3,(H,21,26)(H,22,27)(H,23,25). The van der Waals surface area contributed by atoms with Crippen molar-refractivity contribution in [2.75, 3.05) is 16.8 Å². The first-order valence-corrected chi connectivity index (χ1v) is 8.43. The number of fused-ring (bicyclic) bond motifs is 1. The molecule has 1 aliphatic heterocycles. The maximum Gasteiger partial charge on any atom is 0.323 e. The Hall–Kier alpha value is -3.42. The lowest BCUT2D eigenvalue weighted by Gasteiger charge is -2.30. The van der Waals surface area contributed by atoms with Crippen LogP contribution in [-0.4, -0.2) is 30.4 Å². The van der Waals surface area contributed by atoms with E-state index in [1.165, 1.54) is 17.0 Å². The number of benzene rings is 2. The quantitative estimate of drug-likeness (QED) is 0.769. The topological polar surface area (TPSA) is 90.5 Å². The van der Waals surface area contributed by atoms with Gasteiger partial charge in [0.05, 0.1) is 11.4 Å². The van der Waals surface area contributed by atoms with Crippen molar-refractivity contribution in [3.8, 4) is 0 Å². The molecule has 0 aromatic heterocycles. The minimum atomic E-state index is -0.810. The van der Waals surface area contributed by atoms with Crippen molar-refractivity contribution < 1.29 is 18.8 Å². The number of halogens is 1. The molecule has 1 aliphatic rings. The Morgan fingerprint density at radius 3 is 2.63 bits per heavy atom. The van der Waals surface area contributed by atoms with Gasteiger partial charge in [-0.25, -0.2) is 9.18 Å². The van der Waals surface area contributed by atoms with E-state index in [4.69, 9.17) is 0 Å². The summed E-state index contributed by atoms with van der Waals surface area (Å²) >= 11 is 0. The normalized spacial score (nSPS) is 14.0. The molecular formula is C19H19FN4O3. The zero-order chi connectivity index (χ0) is 19.4. The summed E-state index contributed by atoms with van der Waals surface area (Å²) in [6, 6.07) is 11.3. The predicted octanol–water partition coefficient (Wildman–Crippen LogP) is 2.00. The molecule has 0 aliphatic carbocycles. The number of amides is 4. The second kappa shape index (κ2) is 7.86. The zero-order valence-corrected chi connectivity index (χ0v) is 14.7. The van der Waals surface area contributed by atoms with E-state index >= 15 is 0 Å². The molecule has 0 bridgehead atoms. The minimum Gasteiger partial charge on any atom is -0.350 e. The van der Waals surface area contributed by atoms with Crippen LogP contribution in [0.1, 0.15) is 12.5 Å². The number of urea groups is 1. The zero-order valence-electron chi connectivity index (χ0n) is 14.7. The first-order valence-electron chi connectivity index (χ1n) is 8.43. The van der Waals surface area contributed by atoms with E-state index in [1.807, 2.05) is 0 Å². The highest BCUT2D eigenvalue weighted by atomic mass is 19.1. The summed E-state index contributed by atoms with van der Waals surface area (Å²) in [5.74, 6) is -1.05. The maximum atomic E-state index is 12.9. The monoisotopic (exact) mass is 370 g/mol. The van der Waals surface area contributed by atoms with Crippen molar-refractivity contribution in [1.82, 2.24) is 10.6 Å². The molecule has 0 spiro atoms. The Labute approximate surface area is 155 Å². The fourth-order valence-corrected chi connectivity index (χ4v) is 2.69. The third-order valence-corrected chi connectivity index (χ3v) is 4.13. The summed E-state index contributed by atoms with van der Waals surface area (Å²) in [6.07, 6.45) is 0. The molecule has 0 saturated carbocycles. The van der Waals surface area contributed by atoms with Gasteiger partial charge in [0.2, 0.25) is 11.8 Å². The average molecular weight is 370 g/mol. The van der Waals surface area contributed by atoms with Crippen LogP contribution >= 0.6 is 0 Å². The van der Waals surface area contributed by atoms with E-state index in [2.05, 4.69) is 16.0 Å². The Kier molecular flexibility index (Phi) is 5.35. The number of hydrogen-bond acceptors (Lipinski definition) is 3. The number of nitrogens with one attached hydrogen (secondary N) is 3. The lowest BCUT2D eigenvalue weighted by atomic mass is 10.2. The van der Waals surface area contributed by atoms with Crippen molar-refractivity contribution >= 4 is 29.2 Å². The number of carbonyl (C=O) groups is 3.